The Morgan fingerprint density at radius 2 is 1.38 bits per heavy atom. The van der Waals surface area contributed by atoms with Gasteiger partial charge < -0.3 is 9.47 Å². The average Bonchev–Trinajstić information content (AvgIpc) is 2.69. The number of rotatable bonds is 5. The van der Waals surface area contributed by atoms with Gasteiger partial charge >= 0.3 is 0 Å². The predicted molar refractivity (Wildman–Crippen MR) is 119 cm³/mol. The molecule has 0 spiro atoms. The Morgan fingerprint density at radius 1 is 0.862 bits per heavy atom. The Bertz CT molecular complexity index is 942. The van der Waals surface area contributed by atoms with Crippen LogP contribution in [0.5, 0.6) is 11.5 Å². The van der Waals surface area contributed by atoms with Crippen LogP contribution in [-0.2, 0) is 10.8 Å². The molecule has 3 nitrogen and oxygen atoms in total. The number of carbonyl (C=O) groups excluding carboxylic acids is 1. The van der Waals surface area contributed by atoms with Crippen molar-refractivity contribution >= 4 is 11.9 Å². The number of methoxy groups -OCH3 is 2. The first-order chi connectivity index (χ1) is 13.6. The van der Waals surface area contributed by atoms with Gasteiger partial charge in [-0.15, -0.1) is 0 Å². The molecule has 2 aromatic carbocycles. The van der Waals surface area contributed by atoms with Crippen molar-refractivity contribution in [2.75, 3.05) is 14.2 Å². The van der Waals surface area contributed by atoms with E-state index >= 15 is 0 Å². The molecule has 0 aromatic heterocycles. The molecule has 0 bridgehead atoms. The normalized spacial score (nSPS) is 17.1. The zero-order chi connectivity index (χ0) is 21.4. The fourth-order valence-corrected chi connectivity index (χ4v) is 4.17. The number of allylic oxidation sites excluding steroid dienone is 1. The van der Waals surface area contributed by atoms with Crippen molar-refractivity contribution in [2.45, 2.75) is 58.3 Å². The number of benzene rings is 2. The first-order valence-electron chi connectivity index (χ1n) is 10.2. The van der Waals surface area contributed by atoms with Crippen molar-refractivity contribution in [1.82, 2.24) is 0 Å². The Labute approximate surface area is 174 Å². The van der Waals surface area contributed by atoms with Crippen LogP contribution >= 0.6 is 0 Å². The third-order valence-corrected chi connectivity index (χ3v) is 6.26. The van der Waals surface area contributed by atoms with Crippen molar-refractivity contribution in [3.8, 4) is 11.5 Å². The zero-order valence-corrected chi connectivity index (χ0v) is 18.7. The van der Waals surface area contributed by atoms with E-state index in [0.717, 1.165) is 29.5 Å². The monoisotopic (exact) mass is 392 g/mol. The van der Waals surface area contributed by atoms with Crippen molar-refractivity contribution in [3.05, 3.63) is 64.2 Å². The third kappa shape index (κ3) is 4.24. The van der Waals surface area contributed by atoms with E-state index < -0.39 is 0 Å². The lowest BCUT2D eigenvalue weighted by molar-refractivity contribution is 0.104. The number of carbonyl (C=O) groups is 1. The van der Waals surface area contributed by atoms with Gasteiger partial charge in [0.1, 0.15) is 11.5 Å². The van der Waals surface area contributed by atoms with Gasteiger partial charge in [-0.25, -0.2) is 0 Å². The van der Waals surface area contributed by atoms with Crippen LogP contribution in [0.1, 0.15) is 73.1 Å². The van der Waals surface area contributed by atoms with E-state index in [0.29, 0.717) is 11.5 Å². The van der Waals surface area contributed by atoms with Crippen LogP contribution < -0.4 is 9.47 Å². The summed E-state index contributed by atoms with van der Waals surface area (Å²) in [6.45, 7) is 11.2. The maximum atomic E-state index is 13.1. The lowest BCUT2D eigenvalue weighted by Crippen LogP contribution is -2.34. The SMILES string of the molecule is COc1cc(/C=C/C(=O)c2cc3c(cc2C)C(C)(C)CCC3(C)C)cc(OC)c1. The smallest absolute Gasteiger partial charge is 0.186 e. The van der Waals surface area contributed by atoms with E-state index in [9.17, 15) is 4.79 Å². The van der Waals surface area contributed by atoms with Gasteiger partial charge in [-0.2, -0.15) is 0 Å². The van der Waals surface area contributed by atoms with E-state index in [4.69, 9.17) is 9.47 Å². The minimum Gasteiger partial charge on any atom is -0.497 e. The minimum absolute atomic E-state index is 0.0197. The summed E-state index contributed by atoms with van der Waals surface area (Å²) in [5, 5.41) is 0. The Kier molecular flexibility index (Phi) is 5.62. The summed E-state index contributed by atoms with van der Waals surface area (Å²) in [6, 6.07) is 9.95. The lowest BCUT2D eigenvalue weighted by Gasteiger charge is -2.42. The highest BCUT2D eigenvalue weighted by atomic mass is 16.5. The molecular weight excluding hydrogens is 360 g/mol. The average molecular weight is 393 g/mol. The Balaban J connectivity index is 1.98. The predicted octanol–water partition coefficient (Wildman–Crippen LogP) is 6.26. The summed E-state index contributed by atoms with van der Waals surface area (Å²) in [6.07, 6.45) is 5.76. The summed E-state index contributed by atoms with van der Waals surface area (Å²) in [4.78, 5) is 13.1. The number of hydrogen-bond acceptors (Lipinski definition) is 3. The second-order valence-corrected chi connectivity index (χ2v) is 9.32. The topological polar surface area (TPSA) is 35.5 Å². The highest BCUT2D eigenvalue weighted by Crippen LogP contribution is 2.46. The van der Waals surface area contributed by atoms with Crippen LogP contribution in [0, 0.1) is 6.92 Å². The molecule has 0 fully saturated rings. The molecule has 0 saturated carbocycles. The molecule has 0 amide bonds. The van der Waals surface area contributed by atoms with Crippen molar-refractivity contribution in [1.29, 1.82) is 0 Å². The molecule has 2 aromatic rings. The molecule has 0 unspecified atom stereocenters. The summed E-state index contributed by atoms with van der Waals surface area (Å²) >= 11 is 0. The molecular formula is C26H32O3. The molecule has 0 saturated heterocycles. The molecule has 154 valence electrons. The van der Waals surface area contributed by atoms with Gasteiger partial charge in [0.05, 0.1) is 14.2 Å². The third-order valence-electron chi connectivity index (χ3n) is 6.26. The second-order valence-electron chi connectivity index (χ2n) is 9.32. The van der Waals surface area contributed by atoms with Crippen molar-refractivity contribution in [2.24, 2.45) is 0 Å². The molecule has 0 atom stereocenters. The fourth-order valence-electron chi connectivity index (χ4n) is 4.17. The van der Waals surface area contributed by atoms with Crippen LogP contribution in [0.15, 0.2) is 36.4 Å². The number of ketones is 1. The Hall–Kier alpha value is -2.55. The maximum absolute atomic E-state index is 13.1. The van der Waals surface area contributed by atoms with E-state index in [1.165, 1.54) is 11.1 Å². The van der Waals surface area contributed by atoms with Gasteiger partial charge in [-0.3, -0.25) is 4.79 Å². The molecule has 3 heteroatoms. The summed E-state index contributed by atoms with van der Waals surface area (Å²) < 4.78 is 10.6. The number of ether oxygens (including phenoxy) is 2. The number of hydrogen-bond donors (Lipinski definition) is 0. The van der Waals surface area contributed by atoms with E-state index in [1.54, 1.807) is 20.3 Å². The molecule has 29 heavy (non-hydrogen) atoms. The van der Waals surface area contributed by atoms with Crippen molar-refractivity contribution in [3.63, 3.8) is 0 Å². The second kappa shape index (κ2) is 7.70. The number of fused-ring (bicyclic) bond motifs is 1. The molecule has 0 N–H and O–H groups in total. The summed E-state index contributed by atoms with van der Waals surface area (Å²) in [7, 11) is 3.24. The van der Waals surface area contributed by atoms with Gasteiger partial charge in [0, 0.05) is 11.6 Å². The van der Waals surface area contributed by atoms with Crippen LogP contribution in [0.4, 0.5) is 0 Å². The van der Waals surface area contributed by atoms with Crippen LogP contribution in [0.3, 0.4) is 0 Å². The standard InChI is InChI=1S/C26H32O3/c1-17-12-22-23(26(4,5)11-10-25(22,2)3)16-21(17)24(27)9-8-18-13-19(28-6)15-20(14-18)29-7/h8-9,12-16H,10-11H2,1-7H3/b9-8+. The van der Waals surface area contributed by atoms with E-state index in [2.05, 4.69) is 39.8 Å². The first kappa shape index (κ1) is 21.2. The van der Waals surface area contributed by atoms with Crippen LogP contribution in [-0.4, -0.2) is 20.0 Å². The highest BCUT2D eigenvalue weighted by molar-refractivity contribution is 6.08. The zero-order valence-electron chi connectivity index (χ0n) is 18.7. The van der Waals surface area contributed by atoms with Crippen LogP contribution in [0.2, 0.25) is 0 Å². The van der Waals surface area contributed by atoms with Crippen molar-refractivity contribution < 1.29 is 14.3 Å². The molecule has 0 heterocycles. The quantitative estimate of drug-likeness (QED) is 0.445. The van der Waals surface area contributed by atoms with Crippen LogP contribution in [0.25, 0.3) is 6.08 Å². The van der Waals surface area contributed by atoms with E-state index in [1.807, 2.05) is 31.2 Å². The maximum Gasteiger partial charge on any atom is 0.186 e. The first-order valence-corrected chi connectivity index (χ1v) is 10.2. The fraction of sp³-hybridized carbons (Fsp3) is 0.423. The van der Waals surface area contributed by atoms with Gasteiger partial charge in [-0.05, 0) is 77.1 Å². The molecule has 0 radical (unpaired) electrons. The summed E-state index contributed by atoms with van der Waals surface area (Å²) in [5.74, 6) is 1.42. The minimum atomic E-state index is 0.0197. The Morgan fingerprint density at radius 3 is 1.90 bits per heavy atom. The number of aryl methyl sites for hydroxylation is 1. The molecule has 1 aliphatic carbocycles. The van der Waals surface area contributed by atoms with Gasteiger partial charge in [0.2, 0.25) is 0 Å². The molecule has 1 aliphatic rings. The molecule has 0 aliphatic heterocycles. The lowest BCUT2D eigenvalue weighted by atomic mass is 9.62. The largest absolute Gasteiger partial charge is 0.497 e. The van der Waals surface area contributed by atoms with Gasteiger partial charge in [0.25, 0.3) is 0 Å². The van der Waals surface area contributed by atoms with E-state index in [-0.39, 0.29) is 16.6 Å². The van der Waals surface area contributed by atoms with Gasteiger partial charge in [-0.1, -0.05) is 39.8 Å². The van der Waals surface area contributed by atoms with Gasteiger partial charge in [0.15, 0.2) is 5.78 Å². The summed E-state index contributed by atoms with van der Waals surface area (Å²) in [5.41, 5.74) is 5.59. The highest BCUT2D eigenvalue weighted by Gasteiger charge is 2.37. The molecule has 3 rings (SSSR count).